The van der Waals surface area contributed by atoms with Gasteiger partial charge < -0.3 is 15.0 Å². The smallest absolute Gasteiger partial charge is 0.322 e. The monoisotopic (exact) mass is 395 g/mol. The van der Waals surface area contributed by atoms with Crippen LogP contribution in [0, 0.1) is 5.95 Å². The molecule has 0 aliphatic carbocycles. The Labute approximate surface area is 160 Å². The summed E-state index contributed by atoms with van der Waals surface area (Å²) in [5.74, 6) is -0.0154. The van der Waals surface area contributed by atoms with Crippen LogP contribution < -0.4 is 10.1 Å². The zero-order valence-corrected chi connectivity index (χ0v) is 15.4. The molecule has 1 aromatic carbocycles. The number of anilines is 1. The van der Waals surface area contributed by atoms with E-state index in [2.05, 4.69) is 10.3 Å². The number of pyridine rings is 1. The van der Waals surface area contributed by atoms with Gasteiger partial charge in [0.2, 0.25) is 5.95 Å². The van der Waals surface area contributed by atoms with Crippen LogP contribution in [0.5, 0.6) is 5.75 Å². The van der Waals surface area contributed by atoms with Gasteiger partial charge in [-0.1, -0.05) is 23.2 Å². The number of hydrogen-bond acceptors (Lipinski definition) is 3. The fourth-order valence-electron chi connectivity index (χ4n) is 3.90. The van der Waals surface area contributed by atoms with Crippen molar-refractivity contribution in [2.24, 2.45) is 0 Å². The quantitative estimate of drug-likeness (QED) is 0.740. The number of aromatic nitrogens is 1. The predicted octanol–water partition coefficient (Wildman–Crippen LogP) is 4.83. The van der Waals surface area contributed by atoms with Crippen molar-refractivity contribution in [3.8, 4) is 5.75 Å². The molecule has 2 aliphatic heterocycles. The van der Waals surface area contributed by atoms with E-state index in [1.54, 1.807) is 23.1 Å². The van der Waals surface area contributed by atoms with Gasteiger partial charge in [-0.3, -0.25) is 0 Å². The van der Waals surface area contributed by atoms with Gasteiger partial charge in [-0.15, -0.1) is 0 Å². The molecule has 4 rings (SSSR count). The molecule has 0 unspecified atom stereocenters. The molecule has 1 fully saturated rings. The first-order valence-electron chi connectivity index (χ1n) is 8.25. The molecule has 8 heteroatoms. The number of amides is 2. The first kappa shape index (κ1) is 17.4. The summed E-state index contributed by atoms with van der Waals surface area (Å²) in [4.78, 5) is 18.5. The van der Waals surface area contributed by atoms with Crippen molar-refractivity contribution in [1.29, 1.82) is 0 Å². The number of nitrogens with one attached hydrogen (secondary N) is 1. The highest BCUT2D eigenvalue weighted by molar-refractivity contribution is 6.42. The van der Waals surface area contributed by atoms with Gasteiger partial charge in [-0.05, 0) is 37.0 Å². The third kappa shape index (κ3) is 2.77. The number of urea groups is 1. The van der Waals surface area contributed by atoms with Gasteiger partial charge in [0.15, 0.2) is 0 Å². The number of rotatable bonds is 2. The lowest BCUT2D eigenvalue weighted by atomic mass is 9.95. The number of fused-ring (bicyclic) bond motifs is 4. The van der Waals surface area contributed by atoms with Crippen LogP contribution in [0.4, 0.5) is 14.9 Å². The van der Waals surface area contributed by atoms with Crippen LogP contribution in [0.25, 0.3) is 0 Å². The molecule has 2 bridgehead atoms. The molecule has 2 aromatic rings. The van der Waals surface area contributed by atoms with Gasteiger partial charge in [0.1, 0.15) is 5.75 Å². The van der Waals surface area contributed by atoms with Crippen molar-refractivity contribution in [1.82, 2.24) is 9.88 Å². The third-order valence-electron chi connectivity index (χ3n) is 5.06. The van der Waals surface area contributed by atoms with Crippen LogP contribution in [0.1, 0.15) is 30.0 Å². The van der Waals surface area contributed by atoms with Gasteiger partial charge in [-0.2, -0.15) is 4.39 Å². The molecular weight excluding hydrogens is 380 g/mol. The highest BCUT2D eigenvalue weighted by Crippen LogP contribution is 2.44. The summed E-state index contributed by atoms with van der Waals surface area (Å²) in [6, 6.07) is 4.43. The Morgan fingerprint density at radius 3 is 2.88 bits per heavy atom. The highest BCUT2D eigenvalue weighted by atomic mass is 35.5. The Kier molecular flexibility index (Phi) is 4.40. The van der Waals surface area contributed by atoms with E-state index >= 15 is 0 Å². The van der Waals surface area contributed by atoms with E-state index in [1.807, 2.05) is 0 Å². The molecule has 2 aliphatic rings. The fourth-order valence-corrected chi connectivity index (χ4v) is 4.22. The van der Waals surface area contributed by atoms with E-state index in [0.717, 1.165) is 18.4 Å². The molecule has 2 atom stereocenters. The van der Waals surface area contributed by atoms with Crippen molar-refractivity contribution in [3.63, 3.8) is 0 Å². The molecule has 1 N–H and O–H groups in total. The summed E-state index contributed by atoms with van der Waals surface area (Å²) in [6.07, 6.45) is 3.54. The second kappa shape index (κ2) is 6.59. The van der Waals surface area contributed by atoms with Crippen molar-refractivity contribution in [3.05, 3.63) is 51.5 Å². The molecular formula is C18H16Cl2FN3O2. The van der Waals surface area contributed by atoms with Crippen LogP contribution in [0.2, 0.25) is 10.0 Å². The number of methoxy groups -OCH3 is 1. The fraction of sp³-hybridized carbons (Fsp3) is 0.333. The Morgan fingerprint density at radius 2 is 2.12 bits per heavy atom. The normalized spacial score (nSPS) is 20.7. The molecule has 136 valence electrons. The largest absolute Gasteiger partial charge is 0.495 e. The zero-order valence-electron chi connectivity index (χ0n) is 13.9. The van der Waals surface area contributed by atoms with Crippen LogP contribution >= 0.6 is 23.2 Å². The average Bonchev–Trinajstić information content (AvgIpc) is 2.94. The maximum atomic E-state index is 14.0. The molecule has 0 saturated carbocycles. The maximum absolute atomic E-state index is 14.0. The summed E-state index contributed by atoms with van der Waals surface area (Å²) in [5, 5.41) is 3.52. The van der Waals surface area contributed by atoms with Gasteiger partial charge in [0.05, 0.1) is 28.9 Å². The molecule has 5 nitrogen and oxygen atoms in total. The summed E-state index contributed by atoms with van der Waals surface area (Å²) in [7, 11) is 1.49. The number of carbonyl (C=O) groups excluding carboxylic acids is 1. The van der Waals surface area contributed by atoms with Crippen LogP contribution in [0.3, 0.4) is 0 Å². The Balaban J connectivity index is 1.63. The minimum atomic E-state index is -0.439. The van der Waals surface area contributed by atoms with Crippen LogP contribution in [-0.4, -0.2) is 29.1 Å². The first-order valence-corrected chi connectivity index (χ1v) is 9.00. The SMILES string of the molecule is COc1cc(Cl)c(Cl)cc1NC(=O)N1[C@H]2CC[C@@H]1c1ccnc(F)c1C2. The molecule has 0 spiro atoms. The summed E-state index contributed by atoms with van der Waals surface area (Å²) < 4.78 is 19.3. The van der Waals surface area contributed by atoms with Crippen molar-refractivity contribution >= 4 is 34.9 Å². The lowest BCUT2D eigenvalue weighted by Gasteiger charge is -2.36. The van der Waals surface area contributed by atoms with Crippen molar-refractivity contribution < 1.29 is 13.9 Å². The van der Waals surface area contributed by atoms with Gasteiger partial charge in [-0.25, -0.2) is 9.78 Å². The summed E-state index contributed by atoms with van der Waals surface area (Å²) in [6.45, 7) is 0. The number of nitrogens with zero attached hydrogens (tertiary/aromatic N) is 2. The Hall–Kier alpha value is -2.05. The van der Waals surface area contributed by atoms with E-state index in [1.165, 1.54) is 13.3 Å². The summed E-state index contributed by atoms with van der Waals surface area (Å²) in [5.41, 5.74) is 1.90. The lowest BCUT2D eigenvalue weighted by molar-refractivity contribution is 0.178. The average molecular weight is 396 g/mol. The molecule has 2 amide bonds. The van der Waals surface area contributed by atoms with Gasteiger partial charge >= 0.3 is 6.03 Å². The number of carbonyl (C=O) groups is 1. The Bertz CT molecular complexity index is 893. The van der Waals surface area contributed by atoms with Crippen LogP contribution in [-0.2, 0) is 6.42 Å². The van der Waals surface area contributed by atoms with Gasteiger partial charge in [0, 0.05) is 23.9 Å². The van der Waals surface area contributed by atoms with Crippen molar-refractivity contribution in [2.45, 2.75) is 31.3 Å². The second-order valence-electron chi connectivity index (χ2n) is 6.42. The third-order valence-corrected chi connectivity index (χ3v) is 5.78. The molecule has 1 aromatic heterocycles. The number of hydrogen-bond donors (Lipinski definition) is 1. The number of halogens is 3. The summed E-state index contributed by atoms with van der Waals surface area (Å²) >= 11 is 12.1. The minimum absolute atomic E-state index is 0.0556. The van der Waals surface area contributed by atoms with E-state index in [-0.39, 0.29) is 18.1 Å². The zero-order chi connectivity index (χ0) is 18.4. The minimum Gasteiger partial charge on any atom is -0.495 e. The predicted molar refractivity (Wildman–Crippen MR) is 97.5 cm³/mol. The van der Waals surface area contributed by atoms with E-state index in [0.29, 0.717) is 33.5 Å². The topological polar surface area (TPSA) is 54.5 Å². The second-order valence-corrected chi connectivity index (χ2v) is 7.24. The highest BCUT2D eigenvalue weighted by Gasteiger charge is 2.43. The number of benzene rings is 1. The lowest BCUT2D eigenvalue weighted by Crippen LogP contribution is -2.44. The molecule has 0 radical (unpaired) electrons. The Morgan fingerprint density at radius 1 is 1.35 bits per heavy atom. The molecule has 26 heavy (non-hydrogen) atoms. The first-order chi connectivity index (χ1) is 12.5. The van der Waals surface area contributed by atoms with E-state index < -0.39 is 5.95 Å². The number of ether oxygens (including phenoxy) is 1. The van der Waals surface area contributed by atoms with E-state index in [9.17, 15) is 9.18 Å². The van der Waals surface area contributed by atoms with Crippen LogP contribution in [0.15, 0.2) is 24.4 Å². The van der Waals surface area contributed by atoms with Gasteiger partial charge in [0.25, 0.3) is 0 Å². The van der Waals surface area contributed by atoms with Crippen molar-refractivity contribution in [2.75, 3.05) is 12.4 Å². The molecule has 1 saturated heterocycles. The van der Waals surface area contributed by atoms with E-state index in [4.69, 9.17) is 27.9 Å². The maximum Gasteiger partial charge on any atom is 0.322 e. The molecule has 3 heterocycles. The standard InChI is InChI=1S/C18H16Cl2FN3O2/c1-26-16-8-13(20)12(19)7-14(16)23-18(25)24-9-2-3-15(24)10-4-5-22-17(21)11(10)6-9/h4-5,7-9,15H,2-3,6H2,1H3,(H,23,25)/t9-,15+/m0/s1.